The fourth-order valence-corrected chi connectivity index (χ4v) is 3.18. The zero-order chi connectivity index (χ0) is 23.2. The molecule has 0 saturated carbocycles. The molecule has 0 aliphatic heterocycles. The number of aryl methyl sites for hydroxylation is 1. The van der Waals surface area contributed by atoms with Crippen LogP contribution in [0.25, 0.3) is 17.1 Å². The minimum Gasteiger partial charge on any atom is -0.497 e. The van der Waals surface area contributed by atoms with Crippen molar-refractivity contribution >= 4 is 17.4 Å². The number of nitrogens with zero attached hydrogens (tertiary/aromatic N) is 6. The average Bonchev–Trinajstić information content (AvgIpc) is 3.47. The lowest BCUT2D eigenvalue weighted by Gasteiger charge is -2.08. The monoisotopic (exact) mass is 446 g/mol. The van der Waals surface area contributed by atoms with Gasteiger partial charge in [-0.15, -0.1) is 5.10 Å². The van der Waals surface area contributed by atoms with Crippen LogP contribution in [0.4, 0.5) is 5.82 Å². The van der Waals surface area contributed by atoms with Gasteiger partial charge >= 0.3 is 0 Å². The molecule has 0 radical (unpaired) electrons. The quantitative estimate of drug-likeness (QED) is 0.310. The number of hydrazone groups is 1. The van der Waals surface area contributed by atoms with E-state index in [4.69, 9.17) is 10.5 Å². The lowest BCUT2D eigenvalue weighted by Crippen LogP contribution is -2.20. The van der Waals surface area contributed by atoms with Crippen LogP contribution in [-0.2, 0) is 6.42 Å². The van der Waals surface area contributed by atoms with Crippen LogP contribution in [0.15, 0.2) is 64.3 Å². The van der Waals surface area contributed by atoms with E-state index in [1.54, 1.807) is 31.4 Å². The maximum Gasteiger partial charge on any atom is 0.294 e. The van der Waals surface area contributed by atoms with E-state index in [1.807, 2.05) is 25.1 Å². The van der Waals surface area contributed by atoms with E-state index in [1.165, 1.54) is 10.2 Å². The third-order valence-electron chi connectivity index (χ3n) is 4.89. The van der Waals surface area contributed by atoms with E-state index in [0.29, 0.717) is 23.4 Å². The summed E-state index contributed by atoms with van der Waals surface area (Å²) in [6, 6.07) is 17.1. The number of hydrogen-bond donors (Lipinski definition) is 2. The molecule has 0 saturated heterocycles. The van der Waals surface area contributed by atoms with Gasteiger partial charge < -0.3 is 10.5 Å². The number of carbonyl (C=O) groups excluding carboxylic acids is 1. The van der Waals surface area contributed by atoms with E-state index in [2.05, 4.69) is 47.9 Å². The Hall–Kier alpha value is -4.54. The predicted octanol–water partition coefficient (Wildman–Crippen LogP) is 2.65. The Labute approximate surface area is 189 Å². The lowest BCUT2D eigenvalue weighted by atomic mass is 10.1. The van der Waals surface area contributed by atoms with Crippen molar-refractivity contribution in [2.75, 3.05) is 12.8 Å². The average molecular weight is 446 g/mol. The van der Waals surface area contributed by atoms with Crippen LogP contribution in [0, 0.1) is 0 Å². The molecule has 4 rings (SSSR count). The van der Waals surface area contributed by atoms with E-state index >= 15 is 0 Å². The second-order valence-electron chi connectivity index (χ2n) is 7.18. The molecule has 11 nitrogen and oxygen atoms in total. The number of carbonyl (C=O) groups is 1. The van der Waals surface area contributed by atoms with Crippen LogP contribution in [0.3, 0.4) is 0 Å². The van der Waals surface area contributed by atoms with Crippen LogP contribution in [-0.4, -0.2) is 44.0 Å². The molecule has 0 fully saturated rings. The standard InChI is InChI=1S/C22H22N8O3/c1-14(11-12-15-7-4-3-5-8-15)24-26-22(31)18-19(16-9-6-10-17(13-16)32-2)30(29-25-18)21-20(23)27-33-28-21/h3-10,13H,11-12H2,1-2H3,(H2,23,27)(H,26,31). The summed E-state index contributed by atoms with van der Waals surface area (Å²) in [5, 5.41) is 19.7. The van der Waals surface area contributed by atoms with Crippen molar-refractivity contribution in [3.8, 4) is 22.8 Å². The van der Waals surface area contributed by atoms with Gasteiger partial charge in [0.2, 0.25) is 11.6 Å². The zero-order valence-electron chi connectivity index (χ0n) is 18.1. The van der Waals surface area contributed by atoms with Gasteiger partial charge in [0.15, 0.2) is 5.69 Å². The smallest absolute Gasteiger partial charge is 0.294 e. The normalized spacial score (nSPS) is 11.4. The van der Waals surface area contributed by atoms with Crippen molar-refractivity contribution in [3.63, 3.8) is 0 Å². The van der Waals surface area contributed by atoms with E-state index < -0.39 is 5.91 Å². The molecule has 4 aromatic rings. The van der Waals surface area contributed by atoms with Gasteiger partial charge in [0.05, 0.1) is 7.11 Å². The Morgan fingerprint density at radius 3 is 2.73 bits per heavy atom. The predicted molar refractivity (Wildman–Crippen MR) is 121 cm³/mol. The van der Waals surface area contributed by atoms with E-state index in [0.717, 1.165) is 12.1 Å². The van der Waals surface area contributed by atoms with Crippen molar-refractivity contribution in [1.82, 2.24) is 30.7 Å². The summed E-state index contributed by atoms with van der Waals surface area (Å²) < 4.78 is 11.3. The minimum atomic E-state index is -0.534. The van der Waals surface area contributed by atoms with Crippen molar-refractivity contribution in [3.05, 3.63) is 65.9 Å². The van der Waals surface area contributed by atoms with Gasteiger partial charge in [-0.25, -0.2) is 10.1 Å². The van der Waals surface area contributed by atoms with E-state index in [9.17, 15) is 4.79 Å². The Balaban J connectivity index is 1.61. The highest BCUT2D eigenvalue weighted by atomic mass is 16.6. The molecule has 0 aliphatic rings. The SMILES string of the molecule is COc1cccc(-c2c(C(=O)NN=C(C)CCc3ccccc3)nnn2-c2nonc2N)c1. The Morgan fingerprint density at radius 2 is 2.00 bits per heavy atom. The van der Waals surface area contributed by atoms with Crippen LogP contribution in [0.1, 0.15) is 29.4 Å². The van der Waals surface area contributed by atoms with Gasteiger partial charge in [-0.1, -0.05) is 47.7 Å². The summed E-state index contributed by atoms with van der Waals surface area (Å²) in [4.78, 5) is 13.0. The fourth-order valence-electron chi connectivity index (χ4n) is 3.18. The molecular formula is C22H22N8O3. The molecule has 2 aromatic carbocycles. The molecular weight excluding hydrogens is 424 g/mol. The molecule has 1 amide bonds. The number of aromatic nitrogens is 5. The maximum absolute atomic E-state index is 13.0. The van der Waals surface area contributed by atoms with Crippen LogP contribution >= 0.6 is 0 Å². The largest absolute Gasteiger partial charge is 0.497 e. The number of anilines is 1. The molecule has 168 valence electrons. The zero-order valence-corrected chi connectivity index (χ0v) is 18.1. The Morgan fingerprint density at radius 1 is 1.18 bits per heavy atom. The van der Waals surface area contributed by atoms with Crippen LogP contribution in [0.2, 0.25) is 0 Å². The van der Waals surface area contributed by atoms with Gasteiger partial charge in [0.25, 0.3) is 5.91 Å². The number of methoxy groups -OCH3 is 1. The molecule has 11 heteroatoms. The fraction of sp³-hybridized carbons (Fsp3) is 0.182. The lowest BCUT2D eigenvalue weighted by molar-refractivity contribution is 0.0950. The molecule has 0 bridgehead atoms. The molecule has 0 aliphatic carbocycles. The number of nitrogen functional groups attached to an aromatic ring is 1. The topological polar surface area (TPSA) is 146 Å². The van der Waals surface area contributed by atoms with Gasteiger partial charge in [-0.05, 0) is 47.8 Å². The number of nitrogens with one attached hydrogen (secondary N) is 1. The minimum absolute atomic E-state index is 0.00535. The first-order valence-electron chi connectivity index (χ1n) is 10.1. The second-order valence-corrected chi connectivity index (χ2v) is 7.18. The van der Waals surface area contributed by atoms with Crippen LogP contribution in [0.5, 0.6) is 5.75 Å². The molecule has 0 atom stereocenters. The molecule has 3 N–H and O–H groups in total. The van der Waals surface area contributed by atoms with Gasteiger partial charge in [0, 0.05) is 11.3 Å². The number of ether oxygens (including phenoxy) is 1. The number of benzene rings is 2. The third-order valence-corrected chi connectivity index (χ3v) is 4.89. The summed E-state index contributed by atoms with van der Waals surface area (Å²) in [6.07, 6.45) is 1.51. The molecule has 0 spiro atoms. The third kappa shape index (κ3) is 4.87. The number of nitrogens with two attached hydrogens (primary N) is 1. The summed E-state index contributed by atoms with van der Waals surface area (Å²) in [7, 11) is 1.55. The molecule has 33 heavy (non-hydrogen) atoms. The summed E-state index contributed by atoms with van der Waals surface area (Å²) >= 11 is 0. The highest BCUT2D eigenvalue weighted by Gasteiger charge is 2.25. The van der Waals surface area contributed by atoms with Crippen molar-refractivity contribution in [2.45, 2.75) is 19.8 Å². The highest BCUT2D eigenvalue weighted by Crippen LogP contribution is 2.28. The van der Waals surface area contributed by atoms with Crippen molar-refractivity contribution < 1.29 is 14.2 Å². The first-order valence-corrected chi connectivity index (χ1v) is 10.1. The molecule has 2 aromatic heterocycles. The van der Waals surface area contributed by atoms with Crippen molar-refractivity contribution in [1.29, 1.82) is 0 Å². The number of amides is 1. The number of hydrogen-bond acceptors (Lipinski definition) is 9. The molecule has 0 unspecified atom stereocenters. The van der Waals surface area contributed by atoms with Gasteiger partial charge in [-0.2, -0.15) is 9.78 Å². The second kappa shape index (κ2) is 9.73. The van der Waals surface area contributed by atoms with Gasteiger partial charge in [-0.3, -0.25) is 4.79 Å². The molecule has 2 heterocycles. The Bertz CT molecular complexity index is 1280. The summed E-state index contributed by atoms with van der Waals surface area (Å²) in [5.74, 6) is 0.175. The highest BCUT2D eigenvalue weighted by molar-refractivity contribution is 5.99. The maximum atomic E-state index is 13.0. The van der Waals surface area contributed by atoms with E-state index in [-0.39, 0.29) is 17.3 Å². The van der Waals surface area contributed by atoms with Crippen LogP contribution < -0.4 is 15.9 Å². The first-order chi connectivity index (χ1) is 16.1. The van der Waals surface area contributed by atoms with Crippen molar-refractivity contribution in [2.24, 2.45) is 5.10 Å². The summed E-state index contributed by atoms with van der Waals surface area (Å²) in [5.41, 5.74) is 11.3. The Kier molecular flexibility index (Phi) is 6.39. The van der Waals surface area contributed by atoms with Gasteiger partial charge in [0.1, 0.15) is 11.4 Å². The first kappa shape index (κ1) is 21.7. The number of rotatable bonds is 8. The summed E-state index contributed by atoms with van der Waals surface area (Å²) in [6.45, 7) is 1.85.